The Labute approximate surface area is 151 Å². The molecule has 0 radical (unpaired) electrons. The highest BCUT2D eigenvalue weighted by atomic mass is 32.1. The molecule has 2 aromatic rings. The van der Waals surface area contributed by atoms with Gasteiger partial charge in [-0.05, 0) is 78.0 Å². The highest BCUT2D eigenvalue weighted by Crippen LogP contribution is 2.56. The van der Waals surface area contributed by atoms with Crippen LogP contribution >= 0.6 is 22.7 Å². The van der Waals surface area contributed by atoms with Crippen LogP contribution in [0, 0.1) is 5.41 Å². The van der Waals surface area contributed by atoms with Crippen LogP contribution in [0.2, 0.25) is 0 Å². The standard InChI is InChI=1S/C19H24N2OS2/c22-18(4-3-16-2-1-10-24-16)21(13-15-5-11-23-14-15)17-12-19(17)6-8-20-9-7-19/h1-2,5,10-11,14,17,20H,3-4,6-9,12-13H2. The summed E-state index contributed by atoms with van der Waals surface area (Å²) in [6.45, 7) is 2.99. The lowest BCUT2D eigenvalue weighted by molar-refractivity contribution is -0.133. The van der Waals surface area contributed by atoms with E-state index in [1.807, 2.05) is 0 Å². The third kappa shape index (κ3) is 3.44. The van der Waals surface area contributed by atoms with Gasteiger partial charge in [0.15, 0.2) is 0 Å². The van der Waals surface area contributed by atoms with E-state index in [0.29, 0.717) is 23.8 Å². The molecule has 1 unspecified atom stereocenters. The minimum absolute atomic E-state index is 0.329. The molecule has 2 fully saturated rings. The van der Waals surface area contributed by atoms with Crippen molar-refractivity contribution in [1.82, 2.24) is 10.2 Å². The maximum absolute atomic E-state index is 13.0. The average molecular weight is 361 g/mol. The maximum atomic E-state index is 13.0. The zero-order valence-corrected chi connectivity index (χ0v) is 15.5. The van der Waals surface area contributed by atoms with Crippen LogP contribution in [0.5, 0.6) is 0 Å². The van der Waals surface area contributed by atoms with Crippen molar-refractivity contribution in [3.8, 4) is 0 Å². The molecule has 1 amide bonds. The van der Waals surface area contributed by atoms with Crippen LogP contribution in [0.3, 0.4) is 0 Å². The molecule has 3 heterocycles. The quantitative estimate of drug-likeness (QED) is 0.847. The van der Waals surface area contributed by atoms with Crippen LogP contribution in [0.25, 0.3) is 0 Å². The molecule has 3 nitrogen and oxygen atoms in total. The number of hydrogen-bond donors (Lipinski definition) is 1. The smallest absolute Gasteiger partial charge is 0.223 e. The summed E-state index contributed by atoms with van der Waals surface area (Å²) in [7, 11) is 0. The summed E-state index contributed by atoms with van der Waals surface area (Å²) >= 11 is 3.47. The number of carbonyl (C=O) groups excluding carboxylic acids is 1. The number of hydrogen-bond acceptors (Lipinski definition) is 4. The molecule has 4 rings (SSSR count). The van der Waals surface area contributed by atoms with E-state index in [1.165, 1.54) is 29.7 Å². The lowest BCUT2D eigenvalue weighted by Gasteiger charge is -2.29. The fraction of sp³-hybridized carbons (Fsp3) is 0.526. The van der Waals surface area contributed by atoms with Gasteiger partial charge in [0.05, 0.1) is 0 Å². The van der Waals surface area contributed by atoms with Crippen molar-refractivity contribution in [3.63, 3.8) is 0 Å². The summed E-state index contributed by atoms with van der Waals surface area (Å²) < 4.78 is 0. The summed E-state index contributed by atoms with van der Waals surface area (Å²) in [6, 6.07) is 6.81. The van der Waals surface area contributed by atoms with Crippen LogP contribution in [0.15, 0.2) is 34.3 Å². The van der Waals surface area contributed by atoms with Crippen LogP contribution in [0.1, 0.15) is 36.1 Å². The van der Waals surface area contributed by atoms with E-state index in [9.17, 15) is 4.79 Å². The maximum Gasteiger partial charge on any atom is 0.223 e. The van der Waals surface area contributed by atoms with Gasteiger partial charge in [-0.3, -0.25) is 4.79 Å². The van der Waals surface area contributed by atoms with Gasteiger partial charge < -0.3 is 10.2 Å². The van der Waals surface area contributed by atoms with Crippen LogP contribution in [-0.4, -0.2) is 29.9 Å². The third-order valence-corrected chi connectivity index (χ3v) is 7.21. The molecule has 24 heavy (non-hydrogen) atoms. The number of amides is 1. The summed E-state index contributed by atoms with van der Waals surface area (Å²) in [5, 5.41) is 9.83. The Hall–Kier alpha value is -1.17. The Bertz CT molecular complexity index is 660. The van der Waals surface area contributed by atoms with E-state index in [0.717, 1.165) is 26.1 Å². The molecule has 1 saturated heterocycles. The molecule has 2 aromatic heterocycles. The summed E-state index contributed by atoms with van der Waals surface area (Å²) in [5.41, 5.74) is 1.68. The first-order valence-electron chi connectivity index (χ1n) is 8.80. The largest absolute Gasteiger partial charge is 0.335 e. The number of nitrogens with one attached hydrogen (secondary N) is 1. The van der Waals surface area contributed by atoms with Crippen molar-refractivity contribution in [2.45, 2.75) is 44.7 Å². The molecule has 1 N–H and O–H groups in total. The zero-order valence-electron chi connectivity index (χ0n) is 13.9. The molecule has 1 aliphatic carbocycles. The summed E-state index contributed by atoms with van der Waals surface area (Å²) in [5.74, 6) is 0.329. The predicted octanol–water partition coefficient (Wildman–Crippen LogP) is 3.91. The van der Waals surface area contributed by atoms with E-state index in [1.54, 1.807) is 22.7 Å². The Morgan fingerprint density at radius 1 is 1.29 bits per heavy atom. The molecule has 1 aliphatic heterocycles. The van der Waals surface area contributed by atoms with E-state index in [-0.39, 0.29) is 0 Å². The first kappa shape index (κ1) is 16.3. The number of aryl methyl sites for hydroxylation is 1. The number of thiophene rings is 2. The number of nitrogens with zero attached hydrogens (tertiary/aromatic N) is 1. The number of rotatable bonds is 6. The molecule has 0 aromatic carbocycles. The van der Waals surface area contributed by atoms with Gasteiger partial charge in [0, 0.05) is 23.9 Å². The second-order valence-corrected chi connectivity index (χ2v) is 8.88. The first-order chi connectivity index (χ1) is 11.8. The van der Waals surface area contributed by atoms with E-state index in [4.69, 9.17) is 0 Å². The van der Waals surface area contributed by atoms with E-state index >= 15 is 0 Å². The van der Waals surface area contributed by atoms with Crippen LogP contribution in [0.4, 0.5) is 0 Å². The predicted molar refractivity (Wildman–Crippen MR) is 100 cm³/mol. The van der Waals surface area contributed by atoms with Crippen molar-refractivity contribution in [2.75, 3.05) is 13.1 Å². The van der Waals surface area contributed by atoms with Crippen molar-refractivity contribution in [2.24, 2.45) is 5.41 Å². The topological polar surface area (TPSA) is 32.3 Å². The lowest BCUT2D eigenvalue weighted by Crippen LogP contribution is -2.39. The summed E-state index contributed by atoms with van der Waals surface area (Å²) in [4.78, 5) is 16.5. The van der Waals surface area contributed by atoms with Crippen molar-refractivity contribution < 1.29 is 4.79 Å². The van der Waals surface area contributed by atoms with Gasteiger partial charge in [-0.2, -0.15) is 11.3 Å². The normalized spacial score (nSPS) is 21.8. The highest BCUT2D eigenvalue weighted by Gasteiger charge is 2.57. The van der Waals surface area contributed by atoms with Crippen LogP contribution < -0.4 is 5.32 Å². The van der Waals surface area contributed by atoms with Gasteiger partial charge in [-0.15, -0.1) is 11.3 Å². The van der Waals surface area contributed by atoms with Gasteiger partial charge >= 0.3 is 0 Å². The Morgan fingerprint density at radius 2 is 2.17 bits per heavy atom. The second kappa shape index (κ2) is 6.98. The Balaban J connectivity index is 1.44. The minimum atomic E-state index is 0.329. The molecule has 1 saturated carbocycles. The van der Waals surface area contributed by atoms with Gasteiger partial charge in [0.25, 0.3) is 0 Å². The SMILES string of the molecule is O=C(CCc1cccs1)N(Cc1ccsc1)C1CC12CCNCC2. The minimum Gasteiger partial charge on any atom is -0.335 e. The lowest BCUT2D eigenvalue weighted by atomic mass is 9.93. The van der Waals surface area contributed by atoms with Crippen molar-refractivity contribution in [3.05, 3.63) is 44.8 Å². The molecule has 128 valence electrons. The number of piperidine rings is 1. The fourth-order valence-corrected chi connectivity index (χ4v) is 5.38. The van der Waals surface area contributed by atoms with Gasteiger partial charge in [0.2, 0.25) is 5.91 Å². The zero-order chi connectivity index (χ0) is 16.4. The highest BCUT2D eigenvalue weighted by molar-refractivity contribution is 7.09. The molecule has 1 atom stereocenters. The van der Waals surface area contributed by atoms with Gasteiger partial charge in [-0.25, -0.2) is 0 Å². The van der Waals surface area contributed by atoms with E-state index < -0.39 is 0 Å². The molecule has 1 spiro atoms. The molecule has 0 bridgehead atoms. The first-order valence-corrected chi connectivity index (χ1v) is 10.6. The summed E-state index contributed by atoms with van der Waals surface area (Å²) in [6.07, 6.45) is 5.14. The van der Waals surface area contributed by atoms with Gasteiger partial charge in [0.1, 0.15) is 0 Å². The average Bonchev–Trinajstić information content (AvgIpc) is 3.06. The third-order valence-electron chi connectivity index (χ3n) is 5.54. The molecule has 5 heteroatoms. The Morgan fingerprint density at radius 3 is 2.88 bits per heavy atom. The molecular weight excluding hydrogens is 336 g/mol. The van der Waals surface area contributed by atoms with E-state index in [2.05, 4.69) is 44.6 Å². The second-order valence-electron chi connectivity index (χ2n) is 7.06. The van der Waals surface area contributed by atoms with Crippen LogP contribution in [-0.2, 0) is 17.8 Å². The Kier molecular flexibility index (Phi) is 4.74. The molecule has 2 aliphatic rings. The van der Waals surface area contributed by atoms with Crippen molar-refractivity contribution >= 4 is 28.6 Å². The monoisotopic (exact) mass is 360 g/mol. The number of carbonyl (C=O) groups is 1. The van der Waals surface area contributed by atoms with Crippen molar-refractivity contribution in [1.29, 1.82) is 0 Å². The fourth-order valence-electron chi connectivity index (χ4n) is 4.01. The molecular formula is C19H24N2OS2. The van der Waals surface area contributed by atoms with Gasteiger partial charge in [-0.1, -0.05) is 6.07 Å².